The minimum atomic E-state index is -0.495. The van der Waals surface area contributed by atoms with Gasteiger partial charge in [0.25, 0.3) is 0 Å². The Balaban J connectivity index is 2.46. The third kappa shape index (κ3) is 2.04. The Hall–Kier alpha value is -0.900. The lowest BCUT2D eigenvalue weighted by molar-refractivity contribution is 0.600. The average Bonchev–Trinajstić information content (AvgIpc) is 2.69. The molecular formula is C11H9ClFNS. The van der Waals surface area contributed by atoms with Gasteiger partial charge in [0.1, 0.15) is 5.82 Å². The van der Waals surface area contributed by atoms with E-state index in [0.717, 1.165) is 5.56 Å². The SMILES string of the molecule is NC(c1ccsc1)c1c(F)cccc1Cl. The molecule has 0 saturated heterocycles. The largest absolute Gasteiger partial charge is 0.320 e. The molecule has 2 aromatic rings. The zero-order valence-corrected chi connectivity index (χ0v) is 9.36. The minimum Gasteiger partial charge on any atom is -0.320 e. The van der Waals surface area contributed by atoms with E-state index >= 15 is 0 Å². The van der Waals surface area contributed by atoms with Crippen LogP contribution in [0.1, 0.15) is 17.2 Å². The van der Waals surface area contributed by atoms with Crippen molar-refractivity contribution >= 4 is 22.9 Å². The lowest BCUT2D eigenvalue weighted by Gasteiger charge is -2.13. The number of rotatable bonds is 2. The van der Waals surface area contributed by atoms with Crippen LogP contribution >= 0.6 is 22.9 Å². The second-order valence-electron chi connectivity index (χ2n) is 3.17. The first-order valence-corrected chi connectivity index (χ1v) is 5.74. The van der Waals surface area contributed by atoms with E-state index in [1.54, 1.807) is 12.1 Å². The molecule has 1 nitrogen and oxygen atoms in total. The fraction of sp³-hybridized carbons (Fsp3) is 0.0909. The summed E-state index contributed by atoms with van der Waals surface area (Å²) >= 11 is 7.45. The summed E-state index contributed by atoms with van der Waals surface area (Å²) in [5.74, 6) is -0.360. The van der Waals surface area contributed by atoms with Gasteiger partial charge in [0.2, 0.25) is 0 Å². The molecule has 0 radical (unpaired) electrons. The number of hydrogen-bond acceptors (Lipinski definition) is 2. The summed E-state index contributed by atoms with van der Waals surface area (Å²) in [6.07, 6.45) is 0. The summed E-state index contributed by atoms with van der Waals surface area (Å²) in [5, 5.41) is 4.17. The summed E-state index contributed by atoms with van der Waals surface area (Å²) in [5.41, 5.74) is 7.18. The first-order valence-electron chi connectivity index (χ1n) is 4.41. The Kier molecular flexibility index (Phi) is 3.05. The molecule has 78 valence electrons. The molecule has 0 aliphatic rings. The first-order chi connectivity index (χ1) is 7.20. The molecule has 0 saturated carbocycles. The van der Waals surface area contributed by atoms with Gasteiger partial charge in [-0.15, -0.1) is 0 Å². The number of nitrogens with two attached hydrogens (primary N) is 1. The second-order valence-corrected chi connectivity index (χ2v) is 4.36. The van der Waals surface area contributed by atoms with Crippen LogP contribution in [-0.4, -0.2) is 0 Å². The van der Waals surface area contributed by atoms with Crippen LogP contribution in [0.3, 0.4) is 0 Å². The maximum Gasteiger partial charge on any atom is 0.129 e. The number of hydrogen-bond donors (Lipinski definition) is 1. The van der Waals surface area contributed by atoms with Crippen LogP contribution in [0.2, 0.25) is 5.02 Å². The standard InChI is InChI=1S/C11H9ClFNS/c12-8-2-1-3-9(13)10(8)11(14)7-4-5-15-6-7/h1-6,11H,14H2. The van der Waals surface area contributed by atoms with Gasteiger partial charge in [0.15, 0.2) is 0 Å². The molecular weight excluding hydrogens is 233 g/mol. The second kappa shape index (κ2) is 4.31. The van der Waals surface area contributed by atoms with E-state index in [2.05, 4.69) is 0 Å². The van der Waals surface area contributed by atoms with Crippen LogP contribution < -0.4 is 5.73 Å². The number of halogens is 2. The Labute approximate surface area is 96.3 Å². The molecule has 1 aromatic heterocycles. The number of benzene rings is 1. The topological polar surface area (TPSA) is 26.0 Å². The molecule has 0 aliphatic heterocycles. The van der Waals surface area contributed by atoms with Crippen LogP contribution in [0.5, 0.6) is 0 Å². The Morgan fingerprint density at radius 3 is 2.73 bits per heavy atom. The zero-order chi connectivity index (χ0) is 10.8. The van der Waals surface area contributed by atoms with Crippen LogP contribution in [0.15, 0.2) is 35.0 Å². The summed E-state index contributed by atoms with van der Waals surface area (Å²) in [4.78, 5) is 0. The third-order valence-electron chi connectivity index (χ3n) is 2.21. The maximum atomic E-state index is 13.5. The van der Waals surface area contributed by atoms with Gasteiger partial charge in [-0.3, -0.25) is 0 Å². The highest BCUT2D eigenvalue weighted by atomic mass is 35.5. The molecule has 2 N–H and O–H groups in total. The van der Waals surface area contributed by atoms with Crippen molar-refractivity contribution in [1.82, 2.24) is 0 Å². The maximum absolute atomic E-state index is 13.5. The van der Waals surface area contributed by atoms with Crippen molar-refractivity contribution in [2.24, 2.45) is 5.73 Å². The lowest BCUT2D eigenvalue weighted by Crippen LogP contribution is -2.13. The van der Waals surface area contributed by atoms with Crippen LogP contribution in [-0.2, 0) is 0 Å². The quantitative estimate of drug-likeness (QED) is 0.855. The molecule has 0 aliphatic carbocycles. The summed E-state index contributed by atoms with van der Waals surface area (Å²) in [6.45, 7) is 0. The predicted octanol–water partition coefficient (Wildman–Crippen LogP) is 3.59. The fourth-order valence-corrected chi connectivity index (χ4v) is 2.40. The van der Waals surface area contributed by atoms with Crippen LogP contribution in [0.4, 0.5) is 4.39 Å². The zero-order valence-electron chi connectivity index (χ0n) is 7.78. The van der Waals surface area contributed by atoms with Gasteiger partial charge in [-0.05, 0) is 34.5 Å². The van der Waals surface area contributed by atoms with E-state index in [9.17, 15) is 4.39 Å². The van der Waals surface area contributed by atoms with Gasteiger partial charge in [-0.1, -0.05) is 17.7 Å². The van der Waals surface area contributed by atoms with Gasteiger partial charge in [0.05, 0.1) is 6.04 Å². The summed E-state index contributed by atoms with van der Waals surface area (Å²) < 4.78 is 13.5. The Morgan fingerprint density at radius 2 is 2.13 bits per heavy atom. The molecule has 15 heavy (non-hydrogen) atoms. The van der Waals surface area contributed by atoms with E-state index in [1.807, 2.05) is 16.8 Å². The molecule has 0 bridgehead atoms. The molecule has 0 amide bonds. The van der Waals surface area contributed by atoms with Crippen LogP contribution in [0, 0.1) is 5.82 Å². The molecule has 1 heterocycles. The van der Waals surface area contributed by atoms with E-state index in [4.69, 9.17) is 17.3 Å². The van der Waals surface area contributed by atoms with Crippen molar-refractivity contribution in [3.05, 3.63) is 57.0 Å². The highest BCUT2D eigenvalue weighted by Crippen LogP contribution is 2.29. The number of thiophene rings is 1. The van der Waals surface area contributed by atoms with Crippen molar-refractivity contribution in [1.29, 1.82) is 0 Å². The highest BCUT2D eigenvalue weighted by molar-refractivity contribution is 7.08. The highest BCUT2D eigenvalue weighted by Gasteiger charge is 2.16. The van der Waals surface area contributed by atoms with E-state index in [0.29, 0.717) is 10.6 Å². The van der Waals surface area contributed by atoms with Crippen molar-refractivity contribution < 1.29 is 4.39 Å². The van der Waals surface area contributed by atoms with Gasteiger partial charge >= 0.3 is 0 Å². The smallest absolute Gasteiger partial charge is 0.129 e. The molecule has 1 atom stereocenters. The first kappa shape index (κ1) is 10.6. The molecule has 0 fully saturated rings. The Bertz CT molecular complexity index is 435. The van der Waals surface area contributed by atoms with Gasteiger partial charge in [-0.2, -0.15) is 11.3 Å². The molecule has 1 aromatic carbocycles. The van der Waals surface area contributed by atoms with E-state index in [-0.39, 0.29) is 5.82 Å². The lowest BCUT2D eigenvalue weighted by atomic mass is 10.0. The Morgan fingerprint density at radius 1 is 1.33 bits per heavy atom. The van der Waals surface area contributed by atoms with Crippen LogP contribution in [0.25, 0.3) is 0 Å². The van der Waals surface area contributed by atoms with Gasteiger partial charge in [-0.25, -0.2) is 4.39 Å². The molecule has 1 unspecified atom stereocenters. The average molecular weight is 242 g/mol. The monoisotopic (exact) mass is 241 g/mol. The predicted molar refractivity (Wildman–Crippen MR) is 61.8 cm³/mol. The van der Waals surface area contributed by atoms with Gasteiger partial charge < -0.3 is 5.73 Å². The fourth-order valence-electron chi connectivity index (χ4n) is 1.43. The van der Waals surface area contributed by atoms with Crippen molar-refractivity contribution in [2.45, 2.75) is 6.04 Å². The van der Waals surface area contributed by atoms with Gasteiger partial charge in [0, 0.05) is 10.6 Å². The summed E-state index contributed by atoms with van der Waals surface area (Å²) in [6, 6.07) is 5.96. The normalized spacial score (nSPS) is 12.7. The van der Waals surface area contributed by atoms with Crippen molar-refractivity contribution in [3.63, 3.8) is 0 Å². The molecule has 4 heteroatoms. The van der Waals surface area contributed by atoms with E-state index in [1.165, 1.54) is 17.4 Å². The summed E-state index contributed by atoms with van der Waals surface area (Å²) in [7, 11) is 0. The van der Waals surface area contributed by atoms with E-state index < -0.39 is 6.04 Å². The van der Waals surface area contributed by atoms with Crippen molar-refractivity contribution in [3.8, 4) is 0 Å². The third-order valence-corrected chi connectivity index (χ3v) is 3.24. The minimum absolute atomic E-state index is 0.359. The molecule has 0 spiro atoms. The molecule has 2 rings (SSSR count). The van der Waals surface area contributed by atoms with Crippen molar-refractivity contribution in [2.75, 3.05) is 0 Å².